The standard InChI is InChI=1S/C29H34N6O7/c1-7-40-16-28(5)34(6)29(27(3,4)39,23-17(2)41-26(38)42-23)22(25(36)37)35(28)19-14-12-18(13-15-19)20-10-8-9-11-21(20)24-30-32-33-31-24/h8-15,22,39H,7,16H2,1-6H3,(H,36,37)(H,30,31,32,33). The molecular weight excluding hydrogens is 544 g/mol. The molecular formula is C29H34N6O7. The lowest BCUT2D eigenvalue weighted by molar-refractivity contribution is -0.153. The lowest BCUT2D eigenvalue weighted by Gasteiger charge is -2.47. The molecule has 0 bridgehead atoms. The van der Waals surface area contributed by atoms with E-state index in [-0.39, 0.29) is 18.1 Å². The molecule has 3 N–H and O–H groups in total. The van der Waals surface area contributed by atoms with E-state index in [4.69, 9.17) is 13.6 Å². The van der Waals surface area contributed by atoms with Gasteiger partial charge >= 0.3 is 11.8 Å². The topological polar surface area (TPSA) is 171 Å². The van der Waals surface area contributed by atoms with E-state index in [1.165, 1.54) is 20.8 Å². The number of H-pyrrole nitrogens is 1. The predicted octanol–water partition coefficient (Wildman–Crippen LogP) is 3.01. The highest BCUT2D eigenvalue weighted by Crippen LogP contribution is 2.55. The number of aliphatic carboxylic acids is 1. The van der Waals surface area contributed by atoms with Crippen molar-refractivity contribution in [1.29, 1.82) is 0 Å². The van der Waals surface area contributed by atoms with E-state index < -0.39 is 34.6 Å². The summed E-state index contributed by atoms with van der Waals surface area (Å²) in [6.07, 6.45) is 0. The van der Waals surface area contributed by atoms with Gasteiger partial charge in [-0.2, -0.15) is 0 Å². The van der Waals surface area contributed by atoms with Gasteiger partial charge in [-0.05, 0) is 75.4 Å². The Morgan fingerprint density at radius 2 is 1.81 bits per heavy atom. The first kappa shape index (κ1) is 29.2. The molecule has 1 fully saturated rings. The molecule has 3 unspecified atom stereocenters. The summed E-state index contributed by atoms with van der Waals surface area (Å²) < 4.78 is 16.6. The van der Waals surface area contributed by atoms with Crippen LogP contribution in [-0.4, -0.2) is 79.3 Å². The second kappa shape index (κ2) is 10.5. The van der Waals surface area contributed by atoms with Gasteiger partial charge in [-0.15, -0.1) is 5.10 Å². The van der Waals surface area contributed by atoms with Crippen molar-refractivity contribution < 1.29 is 28.6 Å². The fourth-order valence-electron chi connectivity index (χ4n) is 6.38. The lowest BCUT2D eigenvalue weighted by Crippen LogP contribution is -2.64. The number of aromatic amines is 1. The number of tetrazole rings is 1. The molecule has 2 aromatic carbocycles. The number of aromatic nitrogens is 4. The Hall–Kier alpha value is -4.33. The number of rotatable bonds is 9. The van der Waals surface area contributed by atoms with Gasteiger partial charge in [0, 0.05) is 17.9 Å². The van der Waals surface area contributed by atoms with Crippen molar-refractivity contribution in [2.45, 2.75) is 57.5 Å². The van der Waals surface area contributed by atoms with Crippen molar-refractivity contribution in [3.8, 4) is 22.5 Å². The number of nitrogens with one attached hydrogen (secondary N) is 1. The van der Waals surface area contributed by atoms with E-state index in [9.17, 15) is 19.8 Å². The van der Waals surface area contributed by atoms with Gasteiger partial charge < -0.3 is 28.7 Å². The summed E-state index contributed by atoms with van der Waals surface area (Å²) in [5.41, 5.74) is -1.59. The van der Waals surface area contributed by atoms with Crippen molar-refractivity contribution in [1.82, 2.24) is 25.5 Å². The van der Waals surface area contributed by atoms with E-state index in [1.807, 2.05) is 62.4 Å². The molecule has 2 aromatic heterocycles. The Balaban J connectivity index is 1.71. The van der Waals surface area contributed by atoms with Gasteiger partial charge in [-0.1, -0.05) is 36.4 Å². The molecule has 5 rings (SSSR count). The molecule has 1 aliphatic rings. The number of hydrogen-bond donors (Lipinski definition) is 3. The van der Waals surface area contributed by atoms with Crippen LogP contribution >= 0.6 is 0 Å². The van der Waals surface area contributed by atoms with Crippen LogP contribution in [0.3, 0.4) is 0 Å². The van der Waals surface area contributed by atoms with Gasteiger partial charge in [0.1, 0.15) is 17.0 Å². The van der Waals surface area contributed by atoms with E-state index in [2.05, 4.69) is 20.6 Å². The summed E-state index contributed by atoms with van der Waals surface area (Å²) in [5, 5.41) is 36.8. The molecule has 4 aromatic rings. The molecule has 222 valence electrons. The maximum Gasteiger partial charge on any atom is 0.519 e. The Morgan fingerprint density at radius 1 is 1.14 bits per heavy atom. The molecule has 3 atom stereocenters. The zero-order valence-electron chi connectivity index (χ0n) is 24.3. The average molecular weight is 579 g/mol. The van der Waals surface area contributed by atoms with Crippen LogP contribution in [0.5, 0.6) is 0 Å². The highest BCUT2D eigenvalue weighted by atomic mass is 16.6. The van der Waals surface area contributed by atoms with Gasteiger partial charge in [0.05, 0.1) is 12.2 Å². The highest BCUT2D eigenvalue weighted by molar-refractivity contribution is 5.85. The third kappa shape index (κ3) is 4.32. The van der Waals surface area contributed by atoms with E-state index in [0.717, 1.165) is 16.7 Å². The minimum absolute atomic E-state index is 0.0636. The number of nitrogens with zero attached hydrogens (tertiary/aromatic N) is 5. The van der Waals surface area contributed by atoms with Crippen LogP contribution < -0.4 is 10.7 Å². The minimum atomic E-state index is -1.77. The lowest BCUT2D eigenvalue weighted by atomic mass is 9.73. The van der Waals surface area contributed by atoms with Gasteiger partial charge in [0.15, 0.2) is 17.6 Å². The molecule has 0 aliphatic carbocycles. The van der Waals surface area contributed by atoms with E-state index in [1.54, 1.807) is 16.8 Å². The van der Waals surface area contributed by atoms with Crippen molar-refractivity contribution in [3.05, 3.63) is 70.7 Å². The monoisotopic (exact) mass is 578 g/mol. The summed E-state index contributed by atoms with van der Waals surface area (Å²) in [6.45, 7) is 8.63. The number of likely N-dealkylation sites (N-methyl/N-ethyl adjacent to an activating group) is 1. The maximum atomic E-state index is 13.3. The number of carbonyl (C=O) groups is 1. The van der Waals surface area contributed by atoms with Crippen molar-refractivity contribution in [2.24, 2.45) is 0 Å². The zero-order valence-corrected chi connectivity index (χ0v) is 24.3. The van der Waals surface area contributed by atoms with E-state index in [0.29, 0.717) is 18.1 Å². The quantitative estimate of drug-likeness (QED) is 0.266. The summed E-state index contributed by atoms with van der Waals surface area (Å²) >= 11 is 0. The van der Waals surface area contributed by atoms with Gasteiger partial charge in [0.2, 0.25) is 0 Å². The molecule has 0 amide bonds. The minimum Gasteiger partial charge on any atom is -0.480 e. The van der Waals surface area contributed by atoms with Crippen LogP contribution in [0.15, 0.2) is 62.2 Å². The number of benzene rings is 2. The first-order valence-corrected chi connectivity index (χ1v) is 13.5. The summed E-state index contributed by atoms with van der Waals surface area (Å²) in [7, 11) is 1.69. The maximum absolute atomic E-state index is 13.3. The molecule has 3 heterocycles. The van der Waals surface area contributed by atoms with Crippen molar-refractivity contribution in [3.63, 3.8) is 0 Å². The number of aliphatic hydroxyl groups is 1. The van der Waals surface area contributed by atoms with Gasteiger partial charge in [-0.25, -0.2) is 14.7 Å². The number of aryl methyl sites for hydroxylation is 1. The molecule has 0 spiro atoms. The van der Waals surface area contributed by atoms with Crippen LogP contribution in [0.1, 0.15) is 39.2 Å². The third-order valence-electron chi connectivity index (χ3n) is 8.24. The number of hydrogen-bond acceptors (Lipinski definition) is 11. The molecule has 1 aliphatic heterocycles. The first-order valence-electron chi connectivity index (χ1n) is 13.5. The van der Waals surface area contributed by atoms with Crippen LogP contribution in [0.2, 0.25) is 0 Å². The van der Waals surface area contributed by atoms with E-state index >= 15 is 0 Å². The normalized spacial score (nSPS) is 23.0. The first-order chi connectivity index (χ1) is 19.9. The van der Waals surface area contributed by atoms with Crippen LogP contribution in [-0.2, 0) is 15.1 Å². The van der Waals surface area contributed by atoms with Crippen LogP contribution in [0.25, 0.3) is 22.5 Å². The number of anilines is 1. The predicted molar refractivity (Wildman–Crippen MR) is 152 cm³/mol. The number of ether oxygens (including phenoxy) is 1. The van der Waals surface area contributed by atoms with Crippen LogP contribution in [0.4, 0.5) is 5.69 Å². The molecule has 13 heteroatoms. The fourth-order valence-corrected chi connectivity index (χ4v) is 6.38. The fraction of sp³-hybridized carbons (Fsp3) is 0.414. The Bertz CT molecular complexity index is 1630. The highest BCUT2D eigenvalue weighted by Gasteiger charge is 2.72. The summed E-state index contributed by atoms with van der Waals surface area (Å²) in [5.74, 6) is -1.70. The molecule has 42 heavy (non-hydrogen) atoms. The summed E-state index contributed by atoms with van der Waals surface area (Å²) in [4.78, 5) is 29.0. The third-order valence-corrected chi connectivity index (χ3v) is 8.24. The largest absolute Gasteiger partial charge is 0.519 e. The second-order valence-corrected chi connectivity index (χ2v) is 11.0. The number of carboxylic acids is 1. The van der Waals surface area contributed by atoms with Crippen LogP contribution in [0, 0.1) is 6.92 Å². The van der Waals surface area contributed by atoms with Crippen molar-refractivity contribution >= 4 is 11.7 Å². The molecule has 13 nitrogen and oxygen atoms in total. The average Bonchev–Trinajstić information content (AvgIpc) is 3.65. The smallest absolute Gasteiger partial charge is 0.480 e. The van der Waals surface area contributed by atoms with Crippen molar-refractivity contribution in [2.75, 3.05) is 25.2 Å². The Labute approximate surface area is 241 Å². The molecule has 0 saturated carbocycles. The van der Waals surface area contributed by atoms with Gasteiger partial charge in [-0.3, -0.25) is 4.90 Å². The second-order valence-electron chi connectivity index (χ2n) is 11.0. The zero-order chi connectivity index (χ0) is 30.4. The van der Waals surface area contributed by atoms with Gasteiger partial charge in [0.25, 0.3) is 0 Å². The Morgan fingerprint density at radius 3 is 2.33 bits per heavy atom. The summed E-state index contributed by atoms with van der Waals surface area (Å²) in [6, 6.07) is 13.6. The number of carboxylic acid groups (broad SMARTS) is 1. The molecule has 0 radical (unpaired) electrons. The molecule has 1 saturated heterocycles. The Kier molecular flexibility index (Phi) is 7.29. The SMILES string of the molecule is CCOCC1(C)N(c2ccc(-c3ccccc3-c3nnn[nH]3)cc2)C(C(=O)O)C(c2oc(=O)oc2C)(C(C)(C)O)N1C.